The molecule has 0 spiro atoms. The fourth-order valence-corrected chi connectivity index (χ4v) is 3.07. The van der Waals surface area contributed by atoms with E-state index in [9.17, 15) is 15.0 Å². The molecule has 2 aromatic carbocycles. The molecule has 1 aliphatic rings. The zero-order valence-electron chi connectivity index (χ0n) is 13.6. The van der Waals surface area contributed by atoms with E-state index in [1.54, 1.807) is 17.9 Å². The molecular formula is C19H21NO3. The number of phenols is 2. The van der Waals surface area contributed by atoms with Crippen LogP contribution in [0, 0.1) is 6.92 Å². The fourth-order valence-electron chi connectivity index (χ4n) is 3.07. The highest BCUT2D eigenvalue weighted by Gasteiger charge is 2.28. The number of hydrogen-bond acceptors (Lipinski definition) is 3. The van der Waals surface area contributed by atoms with Crippen LogP contribution in [0.15, 0.2) is 30.3 Å². The zero-order valence-corrected chi connectivity index (χ0v) is 13.6. The van der Waals surface area contributed by atoms with Gasteiger partial charge in [-0.3, -0.25) is 4.79 Å². The van der Waals surface area contributed by atoms with Gasteiger partial charge in [-0.25, -0.2) is 0 Å². The molecule has 0 bridgehead atoms. The van der Waals surface area contributed by atoms with Gasteiger partial charge in [0.25, 0.3) is 5.91 Å². The maximum Gasteiger partial charge on any atom is 0.258 e. The highest BCUT2D eigenvalue weighted by molar-refractivity contribution is 5.98. The van der Waals surface area contributed by atoms with Crippen molar-refractivity contribution in [3.63, 3.8) is 0 Å². The summed E-state index contributed by atoms with van der Waals surface area (Å²) in [5.74, 6) is -0.202. The summed E-state index contributed by atoms with van der Waals surface area (Å²) >= 11 is 0. The maximum atomic E-state index is 12.9. The van der Waals surface area contributed by atoms with E-state index in [0.717, 1.165) is 11.1 Å². The Morgan fingerprint density at radius 3 is 2.17 bits per heavy atom. The second-order valence-electron chi connectivity index (χ2n) is 6.42. The molecule has 0 unspecified atom stereocenters. The number of aromatic hydroxyl groups is 2. The van der Waals surface area contributed by atoms with Gasteiger partial charge in [-0.05, 0) is 35.6 Å². The van der Waals surface area contributed by atoms with Crippen LogP contribution in [0.1, 0.15) is 52.4 Å². The van der Waals surface area contributed by atoms with Gasteiger partial charge in [0.15, 0.2) is 0 Å². The van der Waals surface area contributed by atoms with Crippen molar-refractivity contribution in [1.82, 2.24) is 4.90 Å². The van der Waals surface area contributed by atoms with Gasteiger partial charge < -0.3 is 15.1 Å². The Hall–Kier alpha value is -2.49. The normalized spacial score (nSPS) is 13.5. The smallest absolute Gasteiger partial charge is 0.258 e. The van der Waals surface area contributed by atoms with Crippen molar-refractivity contribution in [2.24, 2.45) is 0 Å². The topological polar surface area (TPSA) is 60.8 Å². The fraction of sp³-hybridized carbons (Fsp3) is 0.316. The first-order chi connectivity index (χ1) is 10.9. The largest absolute Gasteiger partial charge is 0.507 e. The van der Waals surface area contributed by atoms with Crippen molar-refractivity contribution >= 4 is 5.91 Å². The quantitative estimate of drug-likeness (QED) is 0.889. The van der Waals surface area contributed by atoms with Crippen LogP contribution in [-0.4, -0.2) is 21.0 Å². The molecule has 1 amide bonds. The molecule has 0 fully saturated rings. The minimum Gasteiger partial charge on any atom is -0.507 e. The van der Waals surface area contributed by atoms with E-state index in [2.05, 4.69) is 0 Å². The molecular weight excluding hydrogens is 290 g/mol. The van der Waals surface area contributed by atoms with E-state index in [0.29, 0.717) is 24.2 Å². The monoisotopic (exact) mass is 311 g/mol. The van der Waals surface area contributed by atoms with E-state index >= 15 is 0 Å². The Kier molecular flexibility index (Phi) is 3.76. The van der Waals surface area contributed by atoms with Gasteiger partial charge in [0, 0.05) is 18.7 Å². The number of fused-ring (bicyclic) bond motifs is 1. The van der Waals surface area contributed by atoms with Crippen LogP contribution in [0.2, 0.25) is 0 Å². The molecule has 0 saturated carbocycles. The van der Waals surface area contributed by atoms with Gasteiger partial charge in [0.05, 0.1) is 5.56 Å². The minimum atomic E-state index is -0.205. The summed E-state index contributed by atoms with van der Waals surface area (Å²) in [6.07, 6.45) is 0. The van der Waals surface area contributed by atoms with Crippen LogP contribution < -0.4 is 0 Å². The number of amides is 1. The summed E-state index contributed by atoms with van der Waals surface area (Å²) < 4.78 is 0. The first kappa shape index (κ1) is 15.4. The highest BCUT2D eigenvalue weighted by Crippen LogP contribution is 2.38. The lowest BCUT2D eigenvalue weighted by Gasteiger charge is -2.20. The van der Waals surface area contributed by atoms with Crippen molar-refractivity contribution in [3.05, 3.63) is 58.1 Å². The number of nitrogens with zero attached hydrogens (tertiary/aromatic N) is 1. The molecule has 2 N–H and O–H groups in total. The number of rotatable bonds is 2. The van der Waals surface area contributed by atoms with Crippen molar-refractivity contribution in [2.75, 3.05) is 0 Å². The third-order valence-corrected chi connectivity index (χ3v) is 4.52. The third kappa shape index (κ3) is 2.54. The molecule has 0 aliphatic carbocycles. The summed E-state index contributed by atoms with van der Waals surface area (Å²) in [4.78, 5) is 14.6. The molecule has 1 aliphatic heterocycles. The first-order valence-corrected chi connectivity index (χ1v) is 7.81. The third-order valence-electron chi connectivity index (χ3n) is 4.52. The molecule has 2 aromatic rings. The van der Waals surface area contributed by atoms with Crippen LogP contribution in [-0.2, 0) is 13.1 Å². The highest BCUT2D eigenvalue weighted by atomic mass is 16.3. The van der Waals surface area contributed by atoms with E-state index in [-0.39, 0.29) is 28.9 Å². The van der Waals surface area contributed by atoms with Crippen LogP contribution in [0.5, 0.6) is 11.5 Å². The van der Waals surface area contributed by atoms with E-state index in [1.165, 1.54) is 0 Å². The Morgan fingerprint density at radius 1 is 1.09 bits per heavy atom. The van der Waals surface area contributed by atoms with Crippen molar-refractivity contribution < 1.29 is 15.0 Å². The number of hydrogen-bond donors (Lipinski definition) is 2. The number of carbonyl (C=O) groups excluding carboxylic acids is 1. The molecule has 0 radical (unpaired) electrons. The predicted octanol–water partition coefficient (Wildman–Crippen LogP) is 3.69. The first-order valence-electron chi connectivity index (χ1n) is 7.81. The van der Waals surface area contributed by atoms with E-state index in [1.807, 2.05) is 38.1 Å². The van der Waals surface area contributed by atoms with Crippen LogP contribution >= 0.6 is 0 Å². The lowest BCUT2D eigenvalue weighted by atomic mass is 9.95. The van der Waals surface area contributed by atoms with Gasteiger partial charge in [-0.2, -0.15) is 0 Å². The standard InChI is InChI=1S/C19H21NO3/c1-11(2)15-8-16(18(22)12(3)17(15)21)19(23)20-9-13-6-4-5-7-14(13)10-20/h4-8,11,21-22H,9-10H2,1-3H3. The Balaban J connectivity index is 1.98. The van der Waals surface area contributed by atoms with E-state index < -0.39 is 0 Å². The summed E-state index contributed by atoms with van der Waals surface area (Å²) in [5, 5.41) is 20.5. The SMILES string of the molecule is Cc1c(O)c(C(=O)N2Cc3ccccc3C2)cc(C(C)C)c1O. The second kappa shape index (κ2) is 5.61. The van der Waals surface area contributed by atoms with E-state index in [4.69, 9.17) is 0 Å². The molecule has 120 valence electrons. The number of benzene rings is 2. The second-order valence-corrected chi connectivity index (χ2v) is 6.42. The molecule has 4 heteroatoms. The minimum absolute atomic E-state index is 0.0663. The summed E-state index contributed by atoms with van der Waals surface area (Å²) in [6, 6.07) is 9.58. The molecule has 3 rings (SSSR count). The van der Waals surface area contributed by atoms with Crippen LogP contribution in [0.3, 0.4) is 0 Å². The molecule has 4 nitrogen and oxygen atoms in total. The van der Waals surface area contributed by atoms with Gasteiger partial charge >= 0.3 is 0 Å². The summed E-state index contributed by atoms with van der Waals surface area (Å²) in [7, 11) is 0. The molecule has 0 aromatic heterocycles. The van der Waals surface area contributed by atoms with Crippen molar-refractivity contribution in [3.8, 4) is 11.5 Å². The van der Waals surface area contributed by atoms with Crippen LogP contribution in [0.4, 0.5) is 0 Å². The summed E-state index contributed by atoms with van der Waals surface area (Å²) in [6.45, 7) is 6.62. The average molecular weight is 311 g/mol. The Morgan fingerprint density at radius 2 is 1.65 bits per heavy atom. The number of phenolic OH excluding ortho intramolecular Hbond substituents is 2. The van der Waals surface area contributed by atoms with Gasteiger partial charge in [0.2, 0.25) is 0 Å². The maximum absolute atomic E-state index is 12.9. The lowest BCUT2D eigenvalue weighted by Crippen LogP contribution is -2.25. The van der Waals surface area contributed by atoms with Gasteiger partial charge in [-0.1, -0.05) is 38.1 Å². The molecule has 0 atom stereocenters. The molecule has 0 saturated heterocycles. The van der Waals surface area contributed by atoms with Crippen LogP contribution in [0.25, 0.3) is 0 Å². The zero-order chi connectivity index (χ0) is 16.7. The molecule has 1 heterocycles. The van der Waals surface area contributed by atoms with Crippen molar-refractivity contribution in [1.29, 1.82) is 0 Å². The van der Waals surface area contributed by atoms with Gasteiger partial charge in [-0.15, -0.1) is 0 Å². The van der Waals surface area contributed by atoms with Crippen molar-refractivity contribution in [2.45, 2.75) is 39.8 Å². The number of carbonyl (C=O) groups is 1. The predicted molar refractivity (Wildman–Crippen MR) is 88.6 cm³/mol. The van der Waals surface area contributed by atoms with Gasteiger partial charge in [0.1, 0.15) is 11.5 Å². The lowest BCUT2D eigenvalue weighted by molar-refractivity contribution is 0.0748. The Bertz CT molecular complexity index is 755. The molecule has 23 heavy (non-hydrogen) atoms. The average Bonchev–Trinajstić information content (AvgIpc) is 2.96. The summed E-state index contributed by atoms with van der Waals surface area (Å²) in [5.41, 5.74) is 3.58. The Labute approximate surface area is 136 Å².